The fourth-order valence-electron chi connectivity index (χ4n) is 3.66. The van der Waals surface area contributed by atoms with E-state index in [1.807, 2.05) is 45.0 Å². The van der Waals surface area contributed by atoms with Gasteiger partial charge in [-0.25, -0.2) is 0 Å². The Morgan fingerprint density at radius 1 is 1.22 bits per heavy atom. The number of nitrogens with zero attached hydrogens (tertiary/aromatic N) is 2. The van der Waals surface area contributed by atoms with Crippen molar-refractivity contribution in [2.24, 2.45) is 5.92 Å². The number of aliphatic hydroxyl groups excluding tert-OH is 1. The van der Waals surface area contributed by atoms with Crippen LogP contribution in [-0.4, -0.2) is 52.8 Å². The van der Waals surface area contributed by atoms with E-state index in [0.29, 0.717) is 19.5 Å². The zero-order valence-electron chi connectivity index (χ0n) is 17.2. The molecule has 0 aliphatic carbocycles. The molecule has 5 nitrogen and oxygen atoms in total. The van der Waals surface area contributed by atoms with Gasteiger partial charge in [-0.2, -0.15) is 0 Å². The van der Waals surface area contributed by atoms with Crippen LogP contribution >= 0.6 is 0 Å². The number of benzene rings is 1. The van der Waals surface area contributed by atoms with Crippen LogP contribution in [0.15, 0.2) is 35.6 Å². The third kappa shape index (κ3) is 4.59. The van der Waals surface area contributed by atoms with E-state index in [-0.39, 0.29) is 23.0 Å². The second-order valence-electron chi connectivity index (χ2n) is 7.57. The van der Waals surface area contributed by atoms with Crippen LogP contribution in [0, 0.1) is 12.8 Å². The van der Waals surface area contributed by atoms with Crippen LogP contribution in [-0.2, 0) is 9.59 Å². The summed E-state index contributed by atoms with van der Waals surface area (Å²) in [7, 11) is 0. The molecule has 0 fully saturated rings. The lowest BCUT2D eigenvalue weighted by Crippen LogP contribution is -2.38. The van der Waals surface area contributed by atoms with Gasteiger partial charge in [-0.15, -0.1) is 0 Å². The van der Waals surface area contributed by atoms with Gasteiger partial charge in [0.15, 0.2) is 11.5 Å². The Balaban J connectivity index is 2.43. The quantitative estimate of drug-likeness (QED) is 0.719. The summed E-state index contributed by atoms with van der Waals surface area (Å²) in [5, 5.41) is 10.6. The number of aryl methyl sites for hydroxylation is 1. The summed E-state index contributed by atoms with van der Waals surface area (Å²) in [6.07, 6.45) is 0.318. The highest BCUT2D eigenvalue weighted by atomic mass is 16.3. The van der Waals surface area contributed by atoms with Crippen LogP contribution in [0.4, 0.5) is 0 Å². The molecule has 0 spiro atoms. The van der Waals surface area contributed by atoms with Gasteiger partial charge < -0.3 is 14.9 Å². The van der Waals surface area contributed by atoms with Crippen molar-refractivity contribution < 1.29 is 14.7 Å². The maximum Gasteiger partial charge on any atom is 0.290 e. The van der Waals surface area contributed by atoms with Crippen LogP contribution in [0.25, 0.3) is 0 Å². The number of aliphatic hydroxyl groups is 1. The highest BCUT2D eigenvalue weighted by molar-refractivity contribution is 6.09. The molecule has 0 saturated carbocycles. The highest BCUT2D eigenvalue weighted by Crippen LogP contribution is 2.39. The van der Waals surface area contributed by atoms with Crippen LogP contribution < -0.4 is 0 Å². The first-order chi connectivity index (χ1) is 12.8. The summed E-state index contributed by atoms with van der Waals surface area (Å²) in [6, 6.07) is 7.26. The molecule has 1 N–H and O–H groups in total. The van der Waals surface area contributed by atoms with E-state index in [9.17, 15) is 14.7 Å². The van der Waals surface area contributed by atoms with Crippen LogP contribution in [0.3, 0.4) is 0 Å². The molecule has 1 amide bonds. The first-order valence-corrected chi connectivity index (χ1v) is 9.86. The monoisotopic (exact) mass is 372 g/mol. The molecule has 0 radical (unpaired) electrons. The van der Waals surface area contributed by atoms with E-state index in [4.69, 9.17) is 0 Å². The minimum Gasteiger partial charge on any atom is -0.503 e. The van der Waals surface area contributed by atoms with E-state index in [0.717, 1.165) is 24.2 Å². The van der Waals surface area contributed by atoms with Gasteiger partial charge in [0.2, 0.25) is 0 Å². The Kier molecular flexibility index (Phi) is 7.19. The molecule has 27 heavy (non-hydrogen) atoms. The number of carbonyl (C=O) groups is 2. The Labute approximate surface area is 162 Å². The van der Waals surface area contributed by atoms with Gasteiger partial charge in [-0.1, -0.05) is 52.0 Å². The molecule has 1 heterocycles. The highest BCUT2D eigenvalue weighted by Gasteiger charge is 2.43. The lowest BCUT2D eigenvalue weighted by molar-refractivity contribution is -0.129. The number of hydrogen-bond acceptors (Lipinski definition) is 4. The zero-order valence-corrected chi connectivity index (χ0v) is 17.2. The van der Waals surface area contributed by atoms with Crippen molar-refractivity contribution in [3.63, 3.8) is 0 Å². The summed E-state index contributed by atoms with van der Waals surface area (Å²) in [5.74, 6) is -0.805. The molecule has 1 aromatic carbocycles. The van der Waals surface area contributed by atoms with Gasteiger partial charge in [0, 0.05) is 19.5 Å². The molecule has 1 atom stereocenters. The lowest BCUT2D eigenvalue weighted by Gasteiger charge is -2.30. The minimum absolute atomic E-state index is 0.144. The van der Waals surface area contributed by atoms with Crippen molar-refractivity contribution in [1.29, 1.82) is 0 Å². The van der Waals surface area contributed by atoms with Gasteiger partial charge in [-0.05, 0) is 37.1 Å². The van der Waals surface area contributed by atoms with Crippen molar-refractivity contribution in [3.05, 3.63) is 46.7 Å². The normalized spacial score (nSPS) is 17.5. The fourth-order valence-corrected chi connectivity index (χ4v) is 3.66. The first kappa shape index (κ1) is 21.2. The Morgan fingerprint density at radius 2 is 1.85 bits per heavy atom. The number of carbonyl (C=O) groups excluding carboxylic acids is 2. The van der Waals surface area contributed by atoms with Crippen molar-refractivity contribution in [2.45, 2.75) is 47.1 Å². The molecule has 1 aliphatic rings. The van der Waals surface area contributed by atoms with E-state index < -0.39 is 11.9 Å². The Morgan fingerprint density at radius 3 is 2.41 bits per heavy atom. The molecule has 1 aromatic rings. The summed E-state index contributed by atoms with van der Waals surface area (Å²) in [6.45, 7) is 13.0. The molecule has 0 aromatic heterocycles. The number of rotatable bonds is 9. The topological polar surface area (TPSA) is 60.9 Å². The van der Waals surface area contributed by atoms with Gasteiger partial charge in [-0.3, -0.25) is 9.59 Å². The molecule has 5 heteroatoms. The number of Topliss-reactive ketones (excluding diaryl/α,β-unsaturated/α-hetero) is 1. The summed E-state index contributed by atoms with van der Waals surface area (Å²) < 4.78 is 0. The first-order valence-electron chi connectivity index (χ1n) is 9.86. The predicted octanol–water partition coefficient (Wildman–Crippen LogP) is 3.65. The number of hydrogen-bond donors (Lipinski definition) is 1. The van der Waals surface area contributed by atoms with Crippen molar-refractivity contribution in [2.75, 3.05) is 26.2 Å². The molecular formula is C22H32N2O3. The van der Waals surface area contributed by atoms with E-state index >= 15 is 0 Å². The molecule has 2 rings (SSSR count). The SMILES string of the molecule is CCN(CC)CCN1C(=O)C(O)=C(C(=O)CC(C)C)C1c1ccccc1C. The third-order valence-electron chi connectivity index (χ3n) is 5.23. The second kappa shape index (κ2) is 9.18. The summed E-state index contributed by atoms with van der Waals surface area (Å²) in [5.41, 5.74) is 2.16. The van der Waals surface area contributed by atoms with Crippen LogP contribution in [0.2, 0.25) is 0 Å². The number of amides is 1. The van der Waals surface area contributed by atoms with E-state index in [1.165, 1.54) is 0 Å². The molecular weight excluding hydrogens is 340 g/mol. The zero-order chi connectivity index (χ0) is 20.1. The van der Waals surface area contributed by atoms with Gasteiger partial charge in [0.25, 0.3) is 5.91 Å². The lowest BCUT2D eigenvalue weighted by atomic mass is 9.90. The van der Waals surface area contributed by atoms with Crippen LogP contribution in [0.1, 0.15) is 51.3 Å². The largest absolute Gasteiger partial charge is 0.503 e. The predicted molar refractivity (Wildman–Crippen MR) is 108 cm³/mol. The van der Waals surface area contributed by atoms with E-state index in [1.54, 1.807) is 4.90 Å². The van der Waals surface area contributed by atoms with Crippen molar-refractivity contribution in [3.8, 4) is 0 Å². The van der Waals surface area contributed by atoms with Crippen molar-refractivity contribution in [1.82, 2.24) is 9.80 Å². The van der Waals surface area contributed by atoms with Gasteiger partial charge in [0.05, 0.1) is 11.6 Å². The summed E-state index contributed by atoms with van der Waals surface area (Å²) >= 11 is 0. The molecule has 0 saturated heterocycles. The van der Waals surface area contributed by atoms with Crippen LogP contribution in [0.5, 0.6) is 0 Å². The van der Waals surface area contributed by atoms with E-state index in [2.05, 4.69) is 18.7 Å². The molecule has 1 unspecified atom stereocenters. The standard InChI is InChI=1S/C22H32N2O3/c1-6-23(7-2)12-13-24-20(17-11-9-8-10-16(17)5)19(21(26)22(24)27)18(25)14-15(3)4/h8-11,15,20,26H,6-7,12-14H2,1-5H3. The average Bonchev–Trinajstić information content (AvgIpc) is 2.87. The average molecular weight is 373 g/mol. The third-order valence-corrected chi connectivity index (χ3v) is 5.23. The Bertz CT molecular complexity index is 720. The molecule has 1 aliphatic heterocycles. The Hall–Kier alpha value is -2.14. The molecule has 148 valence electrons. The van der Waals surface area contributed by atoms with Crippen molar-refractivity contribution >= 4 is 11.7 Å². The number of ketones is 1. The maximum absolute atomic E-state index is 12.9. The van der Waals surface area contributed by atoms with Gasteiger partial charge >= 0.3 is 0 Å². The second-order valence-corrected chi connectivity index (χ2v) is 7.57. The van der Waals surface area contributed by atoms with Gasteiger partial charge in [0.1, 0.15) is 0 Å². The molecule has 0 bridgehead atoms. The summed E-state index contributed by atoms with van der Waals surface area (Å²) in [4.78, 5) is 29.6. The minimum atomic E-state index is -0.513. The maximum atomic E-state index is 12.9. The smallest absolute Gasteiger partial charge is 0.290 e. The fraction of sp³-hybridized carbons (Fsp3) is 0.545. The number of likely N-dealkylation sites (N-methyl/N-ethyl adjacent to an activating group) is 1.